The van der Waals surface area contributed by atoms with Gasteiger partial charge in [-0.1, -0.05) is 30.3 Å². The van der Waals surface area contributed by atoms with Gasteiger partial charge in [0.25, 0.3) is 0 Å². The van der Waals surface area contributed by atoms with Crippen molar-refractivity contribution >= 4 is 23.3 Å². The van der Waals surface area contributed by atoms with Crippen molar-refractivity contribution in [2.75, 3.05) is 5.32 Å². The number of rotatable bonds is 3. The minimum absolute atomic E-state index is 0.111. The van der Waals surface area contributed by atoms with E-state index in [1.54, 1.807) is 6.07 Å². The van der Waals surface area contributed by atoms with Gasteiger partial charge in [0.15, 0.2) is 0 Å². The highest BCUT2D eigenvalue weighted by atomic mass is 35.5. The molecule has 0 saturated heterocycles. The van der Waals surface area contributed by atoms with Gasteiger partial charge in [0.1, 0.15) is 5.82 Å². The zero-order chi connectivity index (χ0) is 13.0. The lowest BCUT2D eigenvalue weighted by atomic mass is 10.0. The molecule has 1 amide bonds. The molecule has 1 N–H and O–H groups in total. The second kappa shape index (κ2) is 5.60. The molecule has 1 aromatic carbocycles. The number of nitrogens with zero attached hydrogens (tertiary/aromatic N) is 2. The Morgan fingerprint density at radius 3 is 2.67 bits per heavy atom. The van der Waals surface area contributed by atoms with Crippen molar-refractivity contribution in [1.82, 2.24) is 9.97 Å². The number of anilines is 1. The number of hydrogen-bond acceptors (Lipinski definition) is 3. The van der Waals surface area contributed by atoms with E-state index in [9.17, 15) is 4.79 Å². The Morgan fingerprint density at radius 2 is 2.00 bits per heavy atom. The van der Waals surface area contributed by atoms with Gasteiger partial charge >= 0.3 is 0 Å². The molecule has 0 bridgehead atoms. The number of amides is 1. The van der Waals surface area contributed by atoms with Gasteiger partial charge in [-0.15, -0.1) is 0 Å². The van der Waals surface area contributed by atoms with Crippen LogP contribution in [0.4, 0.5) is 5.82 Å². The fourth-order valence-corrected chi connectivity index (χ4v) is 1.68. The van der Waals surface area contributed by atoms with E-state index in [0.717, 1.165) is 5.56 Å². The first-order valence-corrected chi connectivity index (χ1v) is 5.89. The smallest absolute Gasteiger partial charge is 0.232 e. The van der Waals surface area contributed by atoms with E-state index >= 15 is 0 Å². The maximum absolute atomic E-state index is 12.0. The SMILES string of the molecule is CC(C(=O)Nc1ccnc(Cl)n1)c1ccccc1. The molecular formula is C13H12ClN3O. The van der Waals surface area contributed by atoms with Gasteiger partial charge < -0.3 is 5.32 Å². The van der Waals surface area contributed by atoms with Gasteiger partial charge in [-0.25, -0.2) is 9.97 Å². The lowest BCUT2D eigenvalue weighted by molar-refractivity contribution is -0.117. The van der Waals surface area contributed by atoms with Crippen LogP contribution in [0.1, 0.15) is 18.4 Å². The minimum Gasteiger partial charge on any atom is -0.310 e. The van der Waals surface area contributed by atoms with Crippen molar-refractivity contribution in [3.63, 3.8) is 0 Å². The molecular weight excluding hydrogens is 250 g/mol. The zero-order valence-corrected chi connectivity index (χ0v) is 10.6. The van der Waals surface area contributed by atoms with Crippen LogP contribution in [-0.4, -0.2) is 15.9 Å². The predicted molar refractivity (Wildman–Crippen MR) is 70.5 cm³/mol. The van der Waals surface area contributed by atoms with Gasteiger partial charge in [0, 0.05) is 6.20 Å². The Labute approximate surface area is 110 Å². The summed E-state index contributed by atoms with van der Waals surface area (Å²) in [5.41, 5.74) is 0.954. The first kappa shape index (κ1) is 12.5. The van der Waals surface area contributed by atoms with E-state index in [4.69, 9.17) is 11.6 Å². The molecule has 18 heavy (non-hydrogen) atoms. The normalized spacial score (nSPS) is 11.9. The maximum Gasteiger partial charge on any atom is 0.232 e. The summed E-state index contributed by atoms with van der Waals surface area (Å²) in [6, 6.07) is 11.1. The molecule has 0 aliphatic heterocycles. The van der Waals surface area contributed by atoms with Gasteiger partial charge in [0.2, 0.25) is 11.2 Å². The third-order valence-corrected chi connectivity index (χ3v) is 2.75. The average Bonchev–Trinajstić information content (AvgIpc) is 2.39. The van der Waals surface area contributed by atoms with E-state index in [0.29, 0.717) is 5.82 Å². The van der Waals surface area contributed by atoms with Gasteiger partial charge in [-0.2, -0.15) is 0 Å². The standard InChI is InChI=1S/C13H12ClN3O/c1-9(10-5-3-2-4-6-10)12(18)16-11-7-8-15-13(14)17-11/h2-9H,1H3,(H,15,16,17,18). The van der Waals surface area contributed by atoms with Crippen LogP contribution < -0.4 is 5.32 Å². The third kappa shape index (κ3) is 3.05. The minimum atomic E-state index is -0.250. The highest BCUT2D eigenvalue weighted by Gasteiger charge is 2.15. The number of carbonyl (C=O) groups is 1. The van der Waals surface area contributed by atoms with E-state index < -0.39 is 0 Å². The fraction of sp³-hybridized carbons (Fsp3) is 0.154. The highest BCUT2D eigenvalue weighted by Crippen LogP contribution is 2.16. The van der Waals surface area contributed by atoms with Crippen LogP contribution in [0, 0.1) is 0 Å². The largest absolute Gasteiger partial charge is 0.310 e. The van der Waals surface area contributed by atoms with Gasteiger partial charge in [0.05, 0.1) is 5.92 Å². The van der Waals surface area contributed by atoms with Crippen molar-refractivity contribution in [2.24, 2.45) is 0 Å². The molecule has 0 saturated carbocycles. The van der Waals surface area contributed by atoms with Crippen LogP contribution in [0.25, 0.3) is 0 Å². The molecule has 0 aliphatic rings. The molecule has 0 radical (unpaired) electrons. The average molecular weight is 262 g/mol. The number of halogens is 1. The maximum atomic E-state index is 12.0. The van der Waals surface area contributed by atoms with Crippen LogP contribution in [-0.2, 0) is 4.79 Å². The van der Waals surface area contributed by atoms with Crippen LogP contribution in [0.15, 0.2) is 42.6 Å². The van der Waals surface area contributed by atoms with Gasteiger partial charge in [-0.3, -0.25) is 4.79 Å². The van der Waals surface area contributed by atoms with Gasteiger partial charge in [-0.05, 0) is 30.2 Å². The van der Waals surface area contributed by atoms with Crippen molar-refractivity contribution in [3.05, 3.63) is 53.4 Å². The molecule has 1 aromatic heterocycles. The molecule has 1 atom stereocenters. The summed E-state index contributed by atoms with van der Waals surface area (Å²) in [5.74, 6) is 0.0266. The van der Waals surface area contributed by atoms with Crippen LogP contribution in [0.2, 0.25) is 5.28 Å². The molecule has 1 unspecified atom stereocenters. The summed E-state index contributed by atoms with van der Waals surface area (Å²) in [6.45, 7) is 1.84. The number of carbonyl (C=O) groups excluding carboxylic acids is 1. The summed E-state index contributed by atoms with van der Waals surface area (Å²) in [4.78, 5) is 19.7. The van der Waals surface area contributed by atoms with Crippen molar-refractivity contribution in [3.8, 4) is 0 Å². The number of hydrogen-bond donors (Lipinski definition) is 1. The zero-order valence-electron chi connectivity index (χ0n) is 9.80. The Morgan fingerprint density at radius 1 is 1.28 bits per heavy atom. The monoisotopic (exact) mass is 261 g/mol. The second-order valence-corrected chi connectivity index (χ2v) is 4.17. The van der Waals surface area contributed by atoms with Crippen molar-refractivity contribution in [2.45, 2.75) is 12.8 Å². The molecule has 0 aliphatic carbocycles. The summed E-state index contributed by atoms with van der Waals surface area (Å²) in [5, 5.41) is 2.82. The molecule has 2 rings (SSSR count). The lowest BCUT2D eigenvalue weighted by Crippen LogP contribution is -2.19. The summed E-state index contributed by atoms with van der Waals surface area (Å²) in [6.07, 6.45) is 1.50. The highest BCUT2D eigenvalue weighted by molar-refractivity contribution is 6.28. The first-order chi connectivity index (χ1) is 8.66. The number of aromatic nitrogens is 2. The molecule has 0 fully saturated rings. The quantitative estimate of drug-likeness (QED) is 0.865. The number of benzene rings is 1. The predicted octanol–water partition coefficient (Wildman–Crippen LogP) is 2.87. The van der Waals surface area contributed by atoms with E-state index in [2.05, 4.69) is 15.3 Å². The van der Waals surface area contributed by atoms with Crippen LogP contribution in [0.3, 0.4) is 0 Å². The Balaban J connectivity index is 2.09. The lowest BCUT2D eigenvalue weighted by Gasteiger charge is -2.11. The summed E-state index contributed by atoms with van der Waals surface area (Å²) in [7, 11) is 0. The molecule has 1 heterocycles. The Bertz CT molecular complexity index is 545. The van der Waals surface area contributed by atoms with Crippen LogP contribution in [0.5, 0.6) is 0 Å². The van der Waals surface area contributed by atoms with Crippen molar-refractivity contribution in [1.29, 1.82) is 0 Å². The summed E-state index contributed by atoms with van der Waals surface area (Å²) < 4.78 is 0. The summed E-state index contributed by atoms with van der Waals surface area (Å²) >= 11 is 5.65. The molecule has 92 valence electrons. The Hall–Kier alpha value is -1.94. The van der Waals surface area contributed by atoms with E-state index in [-0.39, 0.29) is 17.1 Å². The topological polar surface area (TPSA) is 54.9 Å². The molecule has 5 heteroatoms. The molecule has 4 nitrogen and oxygen atoms in total. The Kier molecular flexibility index (Phi) is 3.89. The van der Waals surface area contributed by atoms with Crippen LogP contribution >= 0.6 is 11.6 Å². The number of nitrogens with one attached hydrogen (secondary N) is 1. The van der Waals surface area contributed by atoms with E-state index in [1.165, 1.54) is 6.20 Å². The van der Waals surface area contributed by atoms with E-state index in [1.807, 2.05) is 37.3 Å². The fourth-order valence-electron chi connectivity index (χ4n) is 1.53. The first-order valence-electron chi connectivity index (χ1n) is 5.51. The third-order valence-electron chi connectivity index (χ3n) is 2.57. The second-order valence-electron chi connectivity index (χ2n) is 3.83. The molecule has 0 spiro atoms. The van der Waals surface area contributed by atoms with Crippen molar-refractivity contribution < 1.29 is 4.79 Å². The molecule has 2 aromatic rings.